The van der Waals surface area contributed by atoms with E-state index in [0.29, 0.717) is 60.5 Å². The number of rotatable bonds is 4. The van der Waals surface area contributed by atoms with E-state index in [4.69, 9.17) is 23.2 Å². The highest BCUT2D eigenvalue weighted by atomic mass is 35.5. The molecule has 0 atom stereocenters. The fourth-order valence-corrected chi connectivity index (χ4v) is 4.32. The second kappa shape index (κ2) is 9.71. The number of hydrogen-bond donors (Lipinski definition) is 0. The van der Waals surface area contributed by atoms with Gasteiger partial charge in [0.15, 0.2) is 0 Å². The second-order valence-electron chi connectivity index (χ2n) is 7.73. The number of halogens is 2. The van der Waals surface area contributed by atoms with Crippen LogP contribution in [0, 0.1) is 0 Å². The lowest BCUT2D eigenvalue weighted by molar-refractivity contribution is -0.132. The van der Waals surface area contributed by atoms with Gasteiger partial charge in [0.1, 0.15) is 5.71 Å². The first kappa shape index (κ1) is 22.3. The lowest BCUT2D eigenvalue weighted by atomic mass is 10.1. The fraction of sp³-hybridized carbons (Fsp3) is 0.304. The number of piperazine rings is 1. The van der Waals surface area contributed by atoms with E-state index in [-0.39, 0.29) is 24.1 Å². The lowest BCUT2D eigenvalue weighted by Gasteiger charge is -2.35. The van der Waals surface area contributed by atoms with E-state index in [1.54, 1.807) is 28.0 Å². The Bertz CT molecular complexity index is 1050. The minimum atomic E-state index is -0.187. The van der Waals surface area contributed by atoms with Gasteiger partial charge in [-0.2, -0.15) is 5.10 Å². The minimum absolute atomic E-state index is 0.0963. The van der Waals surface area contributed by atoms with Gasteiger partial charge in [-0.25, -0.2) is 5.01 Å². The van der Waals surface area contributed by atoms with Gasteiger partial charge in [-0.1, -0.05) is 53.5 Å². The van der Waals surface area contributed by atoms with Gasteiger partial charge >= 0.3 is 0 Å². The minimum Gasteiger partial charge on any atom is -0.335 e. The Hall–Kier alpha value is -2.90. The molecule has 7 nitrogen and oxygen atoms in total. The van der Waals surface area contributed by atoms with Gasteiger partial charge in [-0.05, 0) is 23.8 Å². The normalized spacial score (nSPS) is 16.8. The molecular weight excluding hydrogens is 451 g/mol. The molecule has 0 saturated carbocycles. The maximum atomic E-state index is 13.0. The van der Waals surface area contributed by atoms with Crippen LogP contribution in [0.15, 0.2) is 53.6 Å². The van der Waals surface area contributed by atoms with Crippen molar-refractivity contribution in [1.82, 2.24) is 14.8 Å². The predicted molar refractivity (Wildman–Crippen MR) is 123 cm³/mol. The van der Waals surface area contributed by atoms with Crippen molar-refractivity contribution in [1.29, 1.82) is 0 Å². The highest BCUT2D eigenvalue weighted by Crippen LogP contribution is 2.21. The molecule has 0 radical (unpaired) electrons. The van der Waals surface area contributed by atoms with Crippen LogP contribution < -0.4 is 0 Å². The van der Waals surface area contributed by atoms with Gasteiger partial charge in [0.2, 0.25) is 5.91 Å². The van der Waals surface area contributed by atoms with E-state index in [0.717, 1.165) is 5.56 Å². The summed E-state index contributed by atoms with van der Waals surface area (Å²) in [5.74, 6) is -0.453. The van der Waals surface area contributed by atoms with Crippen LogP contribution in [0.2, 0.25) is 10.0 Å². The molecule has 32 heavy (non-hydrogen) atoms. The molecule has 166 valence electrons. The lowest BCUT2D eigenvalue weighted by Crippen LogP contribution is -2.52. The zero-order valence-corrected chi connectivity index (χ0v) is 18.8. The summed E-state index contributed by atoms with van der Waals surface area (Å²) < 4.78 is 0. The molecule has 0 aromatic heterocycles. The average Bonchev–Trinajstić information content (AvgIpc) is 2.80. The summed E-state index contributed by atoms with van der Waals surface area (Å²) in [6.45, 7) is 1.92. The summed E-state index contributed by atoms with van der Waals surface area (Å²) in [7, 11) is 0. The molecule has 3 amide bonds. The van der Waals surface area contributed by atoms with Crippen LogP contribution in [0.25, 0.3) is 0 Å². The molecule has 0 spiro atoms. The Morgan fingerprint density at radius 3 is 2.06 bits per heavy atom. The zero-order chi connectivity index (χ0) is 22.7. The molecule has 4 rings (SSSR count). The smallest absolute Gasteiger partial charge is 0.270 e. The van der Waals surface area contributed by atoms with Crippen molar-refractivity contribution in [2.75, 3.05) is 26.2 Å². The van der Waals surface area contributed by atoms with Crippen LogP contribution in [0.4, 0.5) is 0 Å². The van der Waals surface area contributed by atoms with Crippen molar-refractivity contribution >= 4 is 46.6 Å². The van der Waals surface area contributed by atoms with Gasteiger partial charge in [0.05, 0.1) is 6.54 Å². The molecule has 0 aliphatic carbocycles. The molecule has 1 fully saturated rings. The molecule has 0 bridgehead atoms. The number of carbonyl (C=O) groups excluding carboxylic acids is 3. The van der Waals surface area contributed by atoms with Crippen molar-refractivity contribution in [3.05, 3.63) is 69.7 Å². The summed E-state index contributed by atoms with van der Waals surface area (Å²) in [4.78, 5) is 41.4. The van der Waals surface area contributed by atoms with Crippen molar-refractivity contribution in [2.45, 2.75) is 19.4 Å². The maximum absolute atomic E-state index is 13.0. The van der Waals surface area contributed by atoms with Crippen molar-refractivity contribution in [3.63, 3.8) is 0 Å². The van der Waals surface area contributed by atoms with E-state index < -0.39 is 0 Å². The topological polar surface area (TPSA) is 73.3 Å². The third-order valence-corrected chi connectivity index (χ3v) is 5.93. The summed E-state index contributed by atoms with van der Waals surface area (Å²) in [6.07, 6.45) is 0.578. The molecule has 2 aliphatic heterocycles. The Morgan fingerprint density at radius 1 is 0.844 bits per heavy atom. The quantitative estimate of drug-likeness (QED) is 0.683. The average molecular weight is 473 g/mol. The summed E-state index contributed by atoms with van der Waals surface area (Å²) >= 11 is 12.0. The molecule has 2 aromatic carbocycles. The molecule has 0 unspecified atom stereocenters. The van der Waals surface area contributed by atoms with Crippen molar-refractivity contribution in [2.24, 2.45) is 5.10 Å². The first-order chi connectivity index (χ1) is 15.4. The Balaban J connectivity index is 1.38. The highest BCUT2D eigenvalue weighted by molar-refractivity contribution is 6.39. The highest BCUT2D eigenvalue weighted by Gasteiger charge is 2.30. The van der Waals surface area contributed by atoms with Crippen molar-refractivity contribution < 1.29 is 14.4 Å². The predicted octanol–water partition coefficient (Wildman–Crippen LogP) is 3.46. The number of carbonyl (C=O) groups is 3. The van der Waals surface area contributed by atoms with E-state index in [2.05, 4.69) is 5.10 Å². The molecule has 2 aliphatic rings. The standard InChI is InChI=1S/C23H22Cl2N4O3/c24-18-12-17(13-19(25)14-18)22(31)27-8-10-28(11-9-27)23(32)20-6-7-21(30)29(26-20)15-16-4-2-1-3-5-16/h1-5,12-14H,6-11,15H2. The second-order valence-corrected chi connectivity index (χ2v) is 8.60. The van der Waals surface area contributed by atoms with Gasteiger partial charge in [0.25, 0.3) is 11.8 Å². The van der Waals surface area contributed by atoms with Crippen LogP contribution in [-0.2, 0) is 16.1 Å². The van der Waals surface area contributed by atoms with E-state index in [9.17, 15) is 14.4 Å². The van der Waals surface area contributed by atoms with Crippen molar-refractivity contribution in [3.8, 4) is 0 Å². The van der Waals surface area contributed by atoms with Crippen LogP contribution in [0.5, 0.6) is 0 Å². The van der Waals surface area contributed by atoms with Gasteiger partial charge < -0.3 is 9.80 Å². The Kier molecular flexibility index (Phi) is 6.77. The third-order valence-electron chi connectivity index (χ3n) is 5.49. The van der Waals surface area contributed by atoms with Gasteiger partial charge in [-0.3, -0.25) is 14.4 Å². The number of amides is 3. The monoisotopic (exact) mass is 472 g/mol. The van der Waals surface area contributed by atoms with E-state index in [1.165, 1.54) is 5.01 Å². The summed E-state index contributed by atoms with van der Waals surface area (Å²) in [5, 5.41) is 6.53. The first-order valence-electron chi connectivity index (χ1n) is 10.4. The number of benzene rings is 2. The molecule has 9 heteroatoms. The van der Waals surface area contributed by atoms with Crippen LogP contribution in [-0.4, -0.2) is 64.4 Å². The molecular formula is C23H22Cl2N4O3. The largest absolute Gasteiger partial charge is 0.335 e. The Labute approximate surface area is 196 Å². The SMILES string of the molecule is O=C(C1=NN(Cc2ccccc2)C(=O)CC1)N1CCN(C(=O)c2cc(Cl)cc(Cl)c2)CC1. The molecule has 2 heterocycles. The summed E-state index contributed by atoms with van der Waals surface area (Å²) in [5.41, 5.74) is 1.75. The number of hydrazone groups is 1. The summed E-state index contributed by atoms with van der Waals surface area (Å²) in [6, 6.07) is 14.3. The van der Waals surface area contributed by atoms with Crippen LogP contribution in [0.3, 0.4) is 0 Å². The van der Waals surface area contributed by atoms with E-state index in [1.807, 2.05) is 30.3 Å². The zero-order valence-electron chi connectivity index (χ0n) is 17.3. The molecule has 1 saturated heterocycles. The third kappa shape index (κ3) is 5.11. The maximum Gasteiger partial charge on any atom is 0.270 e. The van der Waals surface area contributed by atoms with Crippen LogP contribution >= 0.6 is 23.2 Å². The molecule has 0 N–H and O–H groups in total. The molecule has 2 aromatic rings. The number of nitrogens with zero attached hydrogens (tertiary/aromatic N) is 4. The van der Waals surface area contributed by atoms with Gasteiger partial charge in [0, 0.05) is 54.6 Å². The Morgan fingerprint density at radius 2 is 1.44 bits per heavy atom. The first-order valence-corrected chi connectivity index (χ1v) is 11.1. The van der Waals surface area contributed by atoms with Crippen LogP contribution in [0.1, 0.15) is 28.8 Å². The fourth-order valence-electron chi connectivity index (χ4n) is 3.79. The number of hydrogen-bond acceptors (Lipinski definition) is 4. The van der Waals surface area contributed by atoms with Gasteiger partial charge in [-0.15, -0.1) is 0 Å². The van der Waals surface area contributed by atoms with E-state index >= 15 is 0 Å².